The summed E-state index contributed by atoms with van der Waals surface area (Å²) < 4.78 is 4.96. The number of aliphatic hydroxyl groups is 1. The second-order valence-corrected chi connectivity index (χ2v) is 3.25. The van der Waals surface area contributed by atoms with Gasteiger partial charge in [0.1, 0.15) is 12.4 Å². The zero-order valence-electron chi connectivity index (χ0n) is 8.01. The van der Waals surface area contributed by atoms with Crippen LogP contribution >= 0.6 is 11.6 Å². The van der Waals surface area contributed by atoms with E-state index in [1.807, 2.05) is 0 Å². The molecule has 1 aromatic carbocycles. The Bertz CT molecular complexity index is 369. The molecule has 0 spiro atoms. The van der Waals surface area contributed by atoms with Gasteiger partial charge in [0.05, 0.1) is 17.7 Å². The number of nitro groups is 1. The summed E-state index contributed by atoms with van der Waals surface area (Å²) in [6.07, 6.45) is 0. The quantitative estimate of drug-likeness (QED) is 0.632. The molecular formula is C9H10ClNO4. The van der Waals surface area contributed by atoms with Crippen molar-refractivity contribution in [2.45, 2.75) is 6.04 Å². The number of benzene rings is 1. The SMILES string of the molecule is COc1cccc(Cl)c1C(CO)[N+](=O)[O-]. The fraction of sp³-hybridized carbons (Fsp3) is 0.333. The first-order valence-corrected chi connectivity index (χ1v) is 4.56. The van der Waals surface area contributed by atoms with Gasteiger partial charge in [-0.15, -0.1) is 0 Å². The zero-order chi connectivity index (χ0) is 11.4. The number of ether oxygens (including phenoxy) is 1. The van der Waals surface area contributed by atoms with Gasteiger partial charge in [-0.2, -0.15) is 0 Å². The van der Waals surface area contributed by atoms with Gasteiger partial charge in [0.15, 0.2) is 0 Å². The van der Waals surface area contributed by atoms with Gasteiger partial charge in [0.2, 0.25) is 0 Å². The minimum atomic E-state index is -1.26. The van der Waals surface area contributed by atoms with Gasteiger partial charge in [-0.3, -0.25) is 10.1 Å². The predicted octanol–water partition coefficient (Wildman–Crippen LogP) is 1.66. The van der Waals surface area contributed by atoms with E-state index < -0.39 is 17.6 Å². The molecule has 1 N–H and O–H groups in total. The first-order valence-electron chi connectivity index (χ1n) is 4.18. The lowest BCUT2D eigenvalue weighted by molar-refractivity contribution is -0.532. The molecule has 5 nitrogen and oxygen atoms in total. The number of methoxy groups -OCH3 is 1. The molecule has 0 saturated heterocycles. The van der Waals surface area contributed by atoms with Crippen molar-refractivity contribution in [2.24, 2.45) is 0 Å². The molecule has 6 heteroatoms. The maximum Gasteiger partial charge on any atom is 0.265 e. The molecule has 0 aliphatic rings. The van der Waals surface area contributed by atoms with Gasteiger partial charge in [-0.05, 0) is 12.1 Å². The highest BCUT2D eigenvalue weighted by atomic mass is 35.5. The van der Waals surface area contributed by atoms with Crippen LogP contribution in [0, 0.1) is 10.1 Å². The first-order chi connectivity index (χ1) is 7.11. The van der Waals surface area contributed by atoms with Gasteiger partial charge in [0.25, 0.3) is 6.04 Å². The van der Waals surface area contributed by atoms with Crippen molar-refractivity contribution in [1.82, 2.24) is 0 Å². The summed E-state index contributed by atoms with van der Waals surface area (Å²) in [5, 5.41) is 19.8. The molecule has 0 aromatic heterocycles. The highest BCUT2D eigenvalue weighted by molar-refractivity contribution is 6.31. The number of aliphatic hydroxyl groups excluding tert-OH is 1. The minimum Gasteiger partial charge on any atom is -0.496 e. The largest absolute Gasteiger partial charge is 0.496 e. The van der Waals surface area contributed by atoms with E-state index in [0.717, 1.165) is 0 Å². The predicted molar refractivity (Wildman–Crippen MR) is 54.8 cm³/mol. The number of hydrogen-bond acceptors (Lipinski definition) is 4. The van der Waals surface area contributed by atoms with Crippen LogP contribution in [0.3, 0.4) is 0 Å². The molecule has 0 saturated carbocycles. The lowest BCUT2D eigenvalue weighted by Crippen LogP contribution is -2.16. The molecule has 0 aliphatic heterocycles. The number of rotatable bonds is 4. The van der Waals surface area contributed by atoms with Gasteiger partial charge < -0.3 is 9.84 Å². The number of hydrogen-bond donors (Lipinski definition) is 1. The molecule has 0 aliphatic carbocycles. The van der Waals surface area contributed by atoms with Crippen molar-refractivity contribution >= 4 is 11.6 Å². The van der Waals surface area contributed by atoms with E-state index in [2.05, 4.69) is 0 Å². The summed E-state index contributed by atoms with van der Waals surface area (Å²) in [6.45, 7) is -0.618. The number of nitrogens with zero attached hydrogens (tertiary/aromatic N) is 1. The second-order valence-electron chi connectivity index (χ2n) is 2.84. The molecule has 0 radical (unpaired) electrons. The Morgan fingerprint density at radius 1 is 1.67 bits per heavy atom. The van der Waals surface area contributed by atoms with E-state index in [1.54, 1.807) is 12.1 Å². The summed E-state index contributed by atoms with van der Waals surface area (Å²) in [7, 11) is 1.39. The third kappa shape index (κ3) is 2.37. The van der Waals surface area contributed by atoms with Gasteiger partial charge in [-0.25, -0.2) is 0 Å². The summed E-state index contributed by atoms with van der Waals surface area (Å²) >= 11 is 5.83. The van der Waals surface area contributed by atoms with E-state index in [-0.39, 0.29) is 10.6 Å². The lowest BCUT2D eigenvalue weighted by Gasteiger charge is -2.12. The summed E-state index contributed by atoms with van der Waals surface area (Å²) in [4.78, 5) is 10.1. The standard InChI is InChI=1S/C9H10ClNO4/c1-15-8-4-2-3-6(10)9(8)7(5-12)11(13)14/h2-4,7,12H,5H2,1H3. The van der Waals surface area contributed by atoms with E-state index >= 15 is 0 Å². The van der Waals surface area contributed by atoms with Crippen LogP contribution < -0.4 is 4.74 Å². The Balaban J connectivity index is 3.26. The van der Waals surface area contributed by atoms with Crippen LogP contribution in [0.5, 0.6) is 5.75 Å². The van der Waals surface area contributed by atoms with E-state index in [1.165, 1.54) is 13.2 Å². The Hall–Kier alpha value is -1.33. The molecule has 1 atom stereocenters. The monoisotopic (exact) mass is 231 g/mol. The second kappa shape index (κ2) is 4.95. The molecule has 0 bridgehead atoms. The maximum atomic E-state index is 10.7. The lowest BCUT2D eigenvalue weighted by atomic mass is 10.1. The molecular weight excluding hydrogens is 222 g/mol. The Morgan fingerprint density at radius 2 is 2.33 bits per heavy atom. The van der Waals surface area contributed by atoms with Crippen molar-refractivity contribution in [3.63, 3.8) is 0 Å². The topological polar surface area (TPSA) is 72.6 Å². The smallest absolute Gasteiger partial charge is 0.265 e. The molecule has 1 aromatic rings. The van der Waals surface area contributed by atoms with Crippen LogP contribution in [0.2, 0.25) is 5.02 Å². The molecule has 15 heavy (non-hydrogen) atoms. The maximum absolute atomic E-state index is 10.7. The molecule has 82 valence electrons. The van der Waals surface area contributed by atoms with Crippen molar-refractivity contribution in [2.75, 3.05) is 13.7 Å². The highest BCUT2D eigenvalue weighted by Crippen LogP contribution is 2.33. The van der Waals surface area contributed by atoms with E-state index in [9.17, 15) is 10.1 Å². The summed E-state index contributed by atoms with van der Waals surface area (Å²) in [5.74, 6) is 0.304. The fourth-order valence-electron chi connectivity index (χ4n) is 1.28. The van der Waals surface area contributed by atoms with Crippen molar-refractivity contribution in [1.29, 1.82) is 0 Å². The van der Waals surface area contributed by atoms with Crippen LogP contribution in [0.25, 0.3) is 0 Å². The average molecular weight is 232 g/mol. The van der Waals surface area contributed by atoms with Crippen LogP contribution in [-0.2, 0) is 0 Å². The van der Waals surface area contributed by atoms with E-state index in [4.69, 9.17) is 21.4 Å². The Labute approximate surface area is 91.4 Å². The third-order valence-electron chi connectivity index (χ3n) is 1.99. The van der Waals surface area contributed by atoms with Crippen LogP contribution in [0.15, 0.2) is 18.2 Å². The third-order valence-corrected chi connectivity index (χ3v) is 2.32. The molecule has 0 amide bonds. The highest BCUT2D eigenvalue weighted by Gasteiger charge is 2.28. The summed E-state index contributed by atoms with van der Waals surface area (Å²) in [5.41, 5.74) is 0.203. The summed E-state index contributed by atoms with van der Waals surface area (Å²) in [6, 6.07) is 3.45. The van der Waals surface area contributed by atoms with Crippen LogP contribution in [0.4, 0.5) is 0 Å². The van der Waals surface area contributed by atoms with Gasteiger partial charge in [0, 0.05) is 4.92 Å². The Morgan fingerprint density at radius 3 is 2.80 bits per heavy atom. The van der Waals surface area contributed by atoms with Crippen molar-refractivity contribution in [3.8, 4) is 5.75 Å². The van der Waals surface area contributed by atoms with Gasteiger partial charge >= 0.3 is 0 Å². The first kappa shape index (κ1) is 11.7. The molecule has 1 unspecified atom stereocenters. The molecule has 0 heterocycles. The average Bonchev–Trinajstić information content (AvgIpc) is 2.21. The minimum absolute atomic E-state index is 0.203. The van der Waals surface area contributed by atoms with Gasteiger partial charge in [-0.1, -0.05) is 17.7 Å². The molecule has 1 rings (SSSR count). The fourth-order valence-corrected chi connectivity index (χ4v) is 1.57. The van der Waals surface area contributed by atoms with Crippen LogP contribution in [0.1, 0.15) is 11.6 Å². The van der Waals surface area contributed by atoms with E-state index in [0.29, 0.717) is 5.75 Å². The number of halogens is 1. The van der Waals surface area contributed by atoms with Crippen LogP contribution in [-0.4, -0.2) is 23.7 Å². The molecule has 0 fully saturated rings. The van der Waals surface area contributed by atoms with Crippen molar-refractivity contribution in [3.05, 3.63) is 38.9 Å². The zero-order valence-corrected chi connectivity index (χ0v) is 8.77. The van der Waals surface area contributed by atoms with Crippen molar-refractivity contribution < 1.29 is 14.8 Å². The Kier molecular flexibility index (Phi) is 3.88. The normalized spacial score (nSPS) is 12.2.